The van der Waals surface area contributed by atoms with Gasteiger partial charge in [-0.2, -0.15) is 33.7 Å². The van der Waals surface area contributed by atoms with Gasteiger partial charge in [-0.15, -0.1) is 0 Å². The number of benzene rings is 1. The third-order valence-corrected chi connectivity index (χ3v) is 12.5. The molecule has 3 nitrogen and oxygen atoms in total. The molecular weight excluding hydrogens is 588 g/mol. The molecule has 1 aliphatic heterocycles. The van der Waals surface area contributed by atoms with Crippen LogP contribution in [0.3, 0.4) is 0 Å². The molecule has 0 amide bonds. The summed E-state index contributed by atoms with van der Waals surface area (Å²) in [6.45, 7) is 1.51. The molecule has 0 radical (unpaired) electrons. The molecule has 4 aliphatic rings. The lowest BCUT2D eigenvalue weighted by molar-refractivity contribution is -0.284. The summed E-state index contributed by atoms with van der Waals surface area (Å²) in [6.07, 6.45) is 3.09. The van der Waals surface area contributed by atoms with Gasteiger partial charge in [-0.25, -0.2) is 0 Å². The van der Waals surface area contributed by atoms with E-state index in [1.807, 2.05) is 6.07 Å². The molecule has 0 bridgehead atoms. The van der Waals surface area contributed by atoms with E-state index in [1.54, 1.807) is 6.07 Å². The van der Waals surface area contributed by atoms with E-state index < -0.39 is 36.7 Å². The summed E-state index contributed by atoms with van der Waals surface area (Å²) in [7, 11) is 0. The minimum absolute atomic E-state index is 0.150. The van der Waals surface area contributed by atoms with Crippen LogP contribution < -0.4 is 0 Å². The van der Waals surface area contributed by atoms with Gasteiger partial charge in [-0.3, -0.25) is 9.29 Å². The molecular formula is C33H47F6NO2S. The second kappa shape index (κ2) is 13.7. The van der Waals surface area contributed by atoms with E-state index in [0.29, 0.717) is 41.7 Å². The summed E-state index contributed by atoms with van der Waals surface area (Å²) in [4.78, 5) is 2.45. The predicted octanol–water partition coefficient (Wildman–Crippen LogP) is 8.52. The second-order valence-corrected chi connectivity index (χ2v) is 14.8. The van der Waals surface area contributed by atoms with Crippen LogP contribution >= 0.6 is 11.8 Å². The summed E-state index contributed by atoms with van der Waals surface area (Å²) in [5, 5.41) is 21.0. The van der Waals surface area contributed by atoms with Gasteiger partial charge in [-0.05, 0) is 130 Å². The van der Waals surface area contributed by atoms with Gasteiger partial charge in [0, 0.05) is 23.6 Å². The highest BCUT2D eigenvalue weighted by Gasteiger charge is 2.59. The summed E-state index contributed by atoms with van der Waals surface area (Å²) in [5.74, 6) is -1.94. The number of alkyl halides is 6. The van der Waals surface area contributed by atoms with Crippen molar-refractivity contribution in [3.8, 4) is 5.75 Å². The average molecular weight is 636 g/mol. The molecule has 1 aromatic rings. The fourth-order valence-corrected chi connectivity index (χ4v) is 10.3. The van der Waals surface area contributed by atoms with E-state index in [9.17, 15) is 36.6 Å². The number of aliphatic hydroxyl groups excluding tert-OH is 1. The Kier molecular flexibility index (Phi) is 10.6. The lowest BCUT2D eigenvalue weighted by Gasteiger charge is -2.53. The van der Waals surface area contributed by atoms with Gasteiger partial charge in [0.1, 0.15) is 5.75 Å². The van der Waals surface area contributed by atoms with Gasteiger partial charge in [0.15, 0.2) is 0 Å². The minimum atomic E-state index is -5.47. The standard InChI is InChI=1S/C33H47F6NO2S/c34-21-31-14-12-27-26-9-8-25(41)19-23(26)18-22(30(27)28(31)10-11-29(31)42)6-2-1-3-15-40-16-4-7-24(40)20-43-17-5-13-32(35,36)33(37,38)39/h8-9,19,22,24,27-30,41-42H,1-7,10-18,20-21H2/t22-,24?,27-,28+,29?,30-,31-/m1/s1. The van der Waals surface area contributed by atoms with E-state index >= 15 is 0 Å². The molecule has 2 saturated carbocycles. The molecule has 1 heterocycles. The Morgan fingerprint density at radius 3 is 2.58 bits per heavy atom. The molecule has 1 aromatic carbocycles. The zero-order chi connectivity index (χ0) is 30.8. The molecule has 7 atom stereocenters. The first-order valence-corrected chi connectivity index (χ1v) is 17.4. The van der Waals surface area contributed by atoms with Crippen molar-refractivity contribution in [3.63, 3.8) is 0 Å². The summed E-state index contributed by atoms with van der Waals surface area (Å²) in [6, 6.07) is 6.09. The molecule has 3 aliphatic carbocycles. The highest BCUT2D eigenvalue weighted by Crippen LogP contribution is 2.63. The van der Waals surface area contributed by atoms with E-state index in [-0.39, 0.29) is 12.3 Å². The first-order chi connectivity index (χ1) is 20.5. The number of unbranched alkanes of at least 4 members (excludes halogenated alkanes) is 2. The Labute approximate surface area is 256 Å². The number of likely N-dealkylation sites (tertiary alicyclic amines) is 1. The van der Waals surface area contributed by atoms with Crippen molar-refractivity contribution in [1.82, 2.24) is 4.90 Å². The van der Waals surface area contributed by atoms with Crippen molar-refractivity contribution < 1.29 is 36.6 Å². The van der Waals surface area contributed by atoms with Crippen molar-refractivity contribution in [1.29, 1.82) is 0 Å². The number of phenols is 1. The van der Waals surface area contributed by atoms with Crippen LogP contribution in [0.1, 0.15) is 94.1 Å². The normalized spacial score (nSPS) is 32.9. The fraction of sp³-hybridized carbons (Fsp3) is 0.818. The van der Waals surface area contributed by atoms with Gasteiger partial charge < -0.3 is 10.2 Å². The summed E-state index contributed by atoms with van der Waals surface area (Å²) in [5.41, 5.74) is 1.92. The topological polar surface area (TPSA) is 43.7 Å². The molecule has 10 heteroatoms. The maximum absolute atomic E-state index is 14.6. The molecule has 5 rings (SSSR count). The van der Waals surface area contributed by atoms with E-state index in [1.165, 1.54) is 22.9 Å². The molecule has 0 aromatic heterocycles. The Bertz CT molecular complexity index is 1070. The number of hydrogen-bond acceptors (Lipinski definition) is 4. The highest BCUT2D eigenvalue weighted by molar-refractivity contribution is 7.99. The molecule has 0 spiro atoms. The van der Waals surface area contributed by atoms with Crippen LogP contribution in [-0.4, -0.2) is 70.6 Å². The highest BCUT2D eigenvalue weighted by atomic mass is 32.2. The number of phenolic OH excluding ortho intramolecular Hbond substituents is 1. The minimum Gasteiger partial charge on any atom is -0.508 e. The molecule has 1 saturated heterocycles. The Morgan fingerprint density at radius 1 is 1.00 bits per heavy atom. The SMILES string of the molecule is Oc1ccc2c(c1)C[C@@H](CCCCCN1CCCC1CSCCCC(F)(F)C(F)(F)F)[C@@H]1[C@@H]2CC[C@]2(CF)C(O)CC[C@@H]12. The van der Waals surface area contributed by atoms with Crippen LogP contribution in [-0.2, 0) is 6.42 Å². The van der Waals surface area contributed by atoms with Crippen molar-refractivity contribution >= 4 is 11.8 Å². The molecule has 3 fully saturated rings. The number of thioether (sulfide) groups is 1. The van der Waals surface area contributed by atoms with Crippen molar-refractivity contribution in [2.75, 3.05) is 31.3 Å². The predicted molar refractivity (Wildman–Crippen MR) is 159 cm³/mol. The molecule has 244 valence electrons. The maximum Gasteiger partial charge on any atom is 0.453 e. The van der Waals surface area contributed by atoms with Gasteiger partial charge in [0.2, 0.25) is 0 Å². The van der Waals surface area contributed by atoms with Gasteiger partial charge in [0.05, 0.1) is 12.8 Å². The summed E-state index contributed by atoms with van der Waals surface area (Å²) >= 11 is 1.48. The van der Waals surface area contributed by atoms with Crippen molar-refractivity contribution in [2.24, 2.45) is 23.2 Å². The van der Waals surface area contributed by atoms with Crippen LogP contribution in [0.4, 0.5) is 26.3 Å². The lowest BCUT2D eigenvalue weighted by Crippen LogP contribution is -2.49. The zero-order valence-corrected chi connectivity index (χ0v) is 25.8. The quantitative estimate of drug-likeness (QED) is 0.169. The third kappa shape index (κ3) is 7.01. The number of halogens is 6. The lowest BCUT2D eigenvalue weighted by atomic mass is 9.52. The number of fused-ring (bicyclic) bond motifs is 5. The maximum atomic E-state index is 14.6. The van der Waals surface area contributed by atoms with E-state index in [4.69, 9.17) is 0 Å². The Balaban J connectivity index is 1.09. The van der Waals surface area contributed by atoms with Crippen LogP contribution in [0.5, 0.6) is 5.75 Å². The van der Waals surface area contributed by atoms with Crippen LogP contribution in [0.2, 0.25) is 0 Å². The monoisotopic (exact) mass is 635 g/mol. The second-order valence-electron chi connectivity index (χ2n) is 13.7. The summed E-state index contributed by atoms with van der Waals surface area (Å²) < 4.78 is 77.9. The molecule has 2 N–H and O–H groups in total. The smallest absolute Gasteiger partial charge is 0.453 e. The Hall–Kier alpha value is -1.13. The van der Waals surface area contributed by atoms with Crippen LogP contribution in [0, 0.1) is 23.2 Å². The Morgan fingerprint density at radius 2 is 1.81 bits per heavy atom. The zero-order valence-electron chi connectivity index (χ0n) is 24.9. The first kappa shape index (κ1) is 33.2. The van der Waals surface area contributed by atoms with Gasteiger partial charge in [0.25, 0.3) is 0 Å². The van der Waals surface area contributed by atoms with E-state index in [0.717, 1.165) is 83.1 Å². The van der Waals surface area contributed by atoms with Crippen LogP contribution in [0.25, 0.3) is 0 Å². The largest absolute Gasteiger partial charge is 0.508 e. The fourth-order valence-electron chi connectivity index (χ4n) is 9.14. The number of aliphatic hydroxyl groups is 1. The number of rotatable bonds is 13. The molecule has 43 heavy (non-hydrogen) atoms. The van der Waals surface area contributed by atoms with Crippen LogP contribution in [0.15, 0.2) is 18.2 Å². The number of nitrogens with zero attached hydrogens (tertiary/aromatic N) is 1. The molecule has 2 unspecified atom stereocenters. The number of hydrogen-bond donors (Lipinski definition) is 2. The average Bonchev–Trinajstić information content (AvgIpc) is 3.55. The van der Waals surface area contributed by atoms with E-state index in [2.05, 4.69) is 11.0 Å². The van der Waals surface area contributed by atoms with Gasteiger partial charge >= 0.3 is 12.1 Å². The number of aromatic hydroxyl groups is 1. The van der Waals surface area contributed by atoms with Gasteiger partial charge in [-0.1, -0.05) is 18.9 Å². The van der Waals surface area contributed by atoms with Crippen molar-refractivity contribution in [3.05, 3.63) is 29.3 Å². The first-order valence-electron chi connectivity index (χ1n) is 16.3. The third-order valence-electron chi connectivity index (χ3n) is 11.3. The van der Waals surface area contributed by atoms with Crippen molar-refractivity contribution in [2.45, 2.75) is 114 Å².